The Morgan fingerprint density at radius 1 is 1.25 bits per heavy atom. The van der Waals surface area contributed by atoms with E-state index in [4.69, 9.17) is 0 Å². The molecule has 0 saturated heterocycles. The largest absolute Gasteiger partial charge is 0.303 e. The van der Waals surface area contributed by atoms with Crippen molar-refractivity contribution < 1.29 is 4.79 Å². The van der Waals surface area contributed by atoms with Crippen LogP contribution in [0.15, 0.2) is 24.3 Å². The summed E-state index contributed by atoms with van der Waals surface area (Å²) < 4.78 is 0. The predicted molar refractivity (Wildman–Crippen MR) is 50.2 cm³/mol. The molecule has 0 amide bonds. The molecule has 1 nitrogen and oxygen atoms in total. The molecule has 1 aromatic carbocycles. The van der Waals surface area contributed by atoms with Crippen molar-refractivity contribution in [3.63, 3.8) is 0 Å². The molecule has 0 N–H and O–H groups in total. The summed E-state index contributed by atoms with van der Waals surface area (Å²) in [7, 11) is 0. The van der Waals surface area contributed by atoms with E-state index in [-0.39, 0.29) is 0 Å². The predicted octanol–water partition coefficient (Wildman–Crippen LogP) is 2.38. The molecule has 0 saturated carbocycles. The highest BCUT2D eigenvalue weighted by Gasteiger charge is 1.98. The third-order valence-corrected chi connectivity index (χ3v) is 1.94. The average molecular weight is 162 g/mol. The van der Waals surface area contributed by atoms with E-state index >= 15 is 0 Å². The van der Waals surface area contributed by atoms with Crippen LogP contribution in [0, 0.1) is 0 Å². The molecule has 0 heterocycles. The van der Waals surface area contributed by atoms with Gasteiger partial charge in [0, 0.05) is 6.42 Å². The summed E-state index contributed by atoms with van der Waals surface area (Å²) in [5, 5.41) is 0. The van der Waals surface area contributed by atoms with Crippen LogP contribution in [0.5, 0.6) is 0 Å². The molecule has 0 spiro atoms. The van der Waals surface area contributed by atoms with Crippen molar-refractivity contribution in [2.24, 2.45) is 0 Å². The Hall–Kier alpha value is -1.11. The van der Waals surface area contributed by atoms with Crippen molar-refractivity contribution >= 4 is 6.29 Å². The summed E-state index contributed by atoms with van der Waals surface area (Å²) in [6.45, 7) is 2.15. The van der Waals surface area contributed by atoms with Gasteiger partial charge in [0.1, 0.15) is 6.29 Å². The first kappa shape index (κ1) is 8.98. The molecule has 64 valence electrons. The van der Waals surface area contributed by atoms with Gasteiger partial charge in [-0.15, -0.1) is 0 Å². The molecular formula is C11H14O. The molecule has 0 aliphatic carbocycles. The molecular weight excluding hydrogens is 148 g/mol. The minimum atomic E-state index is 0.552. The number of aldehydes is 1. The maximum absolute atomic E-state index is 10.3. The number of rotatable bonds is 4. The fourth-order valence-electron chi connectivity index (χ4n) is 1.36. The lowest BCUT2D eigenvalue weighted by molar-refractivity contribution is -0.107. The summed E-state index contributed by atoms with van der Waals surface area (Å²) in [5.74, 6) is 0. The lowest BCUT2D eigenvalue weighted by Gasteiger charge is -2.04. The third kappa shape index (κ3) is 2.19. The van der Waals surface area contributed by atoms with Gasteiger partial charge in [-0.1, -0.05) is 37.6 Å². The third-order valence-electron chi connectivity index (χ3n) is 1.94. The first-order valence-electron chi connectivity index (χ1n) is 4.39. The Bertz CT molecular complexity index is 253. The second-order valence-corrected chi connectivity index (χ2v) is 2.89. The van der Waals surface area contributed by atoms with E-state index in [1.165, 1.54) is 11.1 Å². The highest BCUT2D eigenvalue weighted by Crippen LogP contribution is 2.10. The van der Waals surface area contributed by atoms with Crippen molar-refractivity contribution in [2.75, 3.05) is 0 Å². The van der Waals surface area contributed by atoms with Crippen molar-refractivity contribution in [1.82, 2.24) is 0 Å². The molecule has 0 bridgehead atoms. The quantitative estimate of drug-likeness (QED) is 0.621. The van der Waals surface area contributed by atoms with Gasteiger partial charge in [0.15, 0.2) is 0 Å². The number of aryl methyl sites for hydroxylation is 1. The Balaban J connectivity index is 2.83. The van der Waals surface area contributed by atoms with Crippen LogP contribution in [-0.2, 0) is 17.6 Å². The van der Waals surface area contributed by atoms with Gasteiger partial charge in [-0.25, -0.2) is 0 Å². The normalized spacial score (nSPS) is 9.75. The molecule has 0 aliphatic heterocycles. The molecule has 0 fully saturated rings. The monoisotopic (exact) mass is 162 g/mol. The first-order valence-corrected chi connectivity index (χ1v) is 4.39. The van der Waals surface area contributed by atoms with Crippen LogP contribution in [0.2, 0.25) is 0 Å². The Kier molecular flexibility index (Phi) is 3.52. The smallest absolute Gasteiger partial charge is 0.124 e. The van der Waals surface area contributed by atoms with Crippen LogP contribution >= 0.6 is 0 Å². The van der Waals surface area contributed by atoms with Gasteiger partial charge in [-0.05, 0) is 17.5 Å². The van der Waals surface area contributed by atoms with E-state index in [0.29, 0.717) is 6.42 Å². The number of hydrogen-bond donors (Lipinski definition) is 0. The summed E-state index contributed by atoms with van der Waals surface area (Å²) >= 11 is 0. The zero-order valence-corrected chi connectivity index (χ0v) is 7.42. The standard InChI is InChI=1S/C11H14O/c1-2-5-10-6-3-4-7-11(10)8-9-12/h3-4,6-7,9H,2,5,8H2,1H3. The van der Waals surface area contributed by atoms with E-state index in [1.807, 2.05) is 18.2 Å². The van der Waals surface area contributed by atoms with Gasteiger partial charge in [-0.2, -0.15) is 0 Å². The topological polar surface area (TPSA) is 17.1 Å². The summed E-state index contributed by atoms with van der Waals surface area (Å²) in [6.07, 6.45) is 3.73. The maximum atomic E-state index is 10.3. The highest BCUT2D eigenvalue weighted by atomic mass is 16.1. The fourth-order valence-corrected chi connectivity index (χ4v) is 1.36. The summed E-state index contributed by atoms with van der Waals surface area (Å²) in [5.41, 5.74) is 2.49. The zero-order valence-electron chi connectivity index (χ0n) is 7.42. The van der Waals surface area contributed by atoms with Gasteiger partial charge in [0.05, 0.1) is 0 Å². The number of carbonyl (C=O) groups excluding carboxylic acids is 1. The van der Waals surface area contributed by atoms with Gasteiger partial charge >= 0.3 is 0 Å². The Morgan fingerprint density at radius 2 is 1.92 bits per heavy atom. The lowest BCUT2D eigenvalue weighted by atomic mass is 10.0. The van der Waals surface area contributed by atoms with Gasteiger partial charge < -0.3 is 4.79 Å². The van der Waals surface area contributed by atoms with Crippen LogP contribution in [0.3, 0.4) is 0 Å². The molecule has 12 heavy (non-hydrogen) atoms. The molecule has 1 aromatic rings. The second-order valence-electron chi connectivity index (χ2n) is 2.89. The summed E-state index contributed by atoms with van der Waals surface area (Å²) in [4.78, 5) is 10.3. The average Bonchev–Trinajstić information content (AvgIpc) is 2.09. The molecule has 0 aromatic heterocycles. The molecule has 0 aliphatic rings. The maximum Gasteiger partial charge on any atom is 0.124 e. The lowest BCUT2D eigenvalue weighted by Crippen LogP contribution is -1.93. The fraction of sp³-hybridized carbons (Fsp3) is 0.364. The molecule has 1 rings (SSSR count). The SMILES string of the molecule is CCCc1ccccc1CC=O. The van der Waals surface area contributed by atoms with Crippen LogP contribution in [-0.4, -0.2) is 6.29 Å². The minimum Gasteiger partial charge on any atom is -0.303 e. The number of benzene rings is 1. The van der Waals surface area contributed by atoms with Crippen molar-refractivity contribution in [1.29, 1.82) is 0 Å². The number of hydrogen-bond acceptors (Lipinski definition) is 1. The molecule has 0 unspecified atom stereocenters. The zero-order chi connectivity index (χ0) is 8.81. The first-order chi connectivity index (χ1) is 5.88. The van der Waals surface area contributed by atoms with E-state index < -0.39 is 0 Å². The highest BCUT2D eigenvalue weighted by molar-refractivity contribution is 5.56. The summed E-state index contributed by atoms with van der Waals surface area (Å²) in [6, 6.07) is 8.14. The van der Waals surface area contributed by atoms with E-state index in [0.717, 1.165) is 19.1 Å². The van der Waals surface area contributed by atoms with Crippen LogP contribution in [0.1, 0.15) is 24.5 Å². The van der Waals surface area contributed by atoms with Crippen LogP contribution < -0.4 is 0 Å². The van der Waals surface area contributed by atoms with Crippen molar-refractivity contribution in [3.05, 3.63) is 35.4 Å². The van der Waals surface area contributed by atoms with Crippen molar-refractivity contribution in [3.8, 4) is 0 Å². The van der Waals surface area contributed by atoms with Gasteiger partial charge in [-0.3, -0.25) is 0 Å². The van der Waals surface area contributed by atoms with Gasteiger partial charge in [0.2, 0.25) is 0 Å². The molecule has 0 radical (unpaired) electrons. The van der Waals surface area contributed by atoms with E-state index in [2.05, 4.69) is 13.0 Å². The van der Waals surface area contributed by atoms with Gasteiger partial charge in [0.25, 0.3) is 0 Å². The molecule has 1 heteroatoms. The number of carbonyl (C=O) groups is 1. The molecule has 0 atom stereocenters. The van der Waals surface area contributed by atoms with E-state index in [1.54, 1.807) is 0 Å². The van der Waals surface area contributed by atoms with Crippen LogP contribution in [0.4, 0.5) is 0 Å². The van der Waals surface area contributed by atoms with Crippen LogP contribution in [0.25, 0.3) is 0 Å². The van der Waals surface area contributed by atoms with E-state index in [9.17, 15) is 4.79 Å². The Labute approximate surface area is 73.4 Å². The minimum absolute atomic E-state index is 0.552. The van der Waals surface area contributed by atoms with Crippen molar-refractivity contribution in [2.45, 2.75) is 26.2 Å². The Morgan fingerprint density at radius 3 is 2.50 bits per heavy atom. The second kappa shape index (κ2) is 4.70.